The molecule has 0 radical (unpaired) electrons. The van der Waals surface area contributed by atoms with Crippen LogP contribution in [-0.4, -0.2) is 27.7 Å². The number of nitrogens with zero attached hydrogens (tertiary/aromatic N) is 2. The predicted octanol–water partition coefficient (Wildman–Crippen LogP) is 3.81. The number of benzene rings is 2. The summed E-state index contributed by atoms with van der Waals surface area (Å²) >= 11 is 3.41. The van der Waals surface area contributed by atoms with E-state index in [2.05, 4.69) is 31.5 Å². The fourth-order valence-electron chi connectivity index (χ4n) is 3.06. The number of hydrogen-bond donors (Lipinski definition) is 2. The van der Waals surface area contributed by atoms with E-state index < -0.39 is 0 Å². The average molecular weight is 463 g/mol. The van der Waals surface area contributed by atoms with E-state index in [4.69, 9.17) is 0 Å². The SMILES string of the molecule is O=C(CNC(=O)c1ccc(-c2ccccc2)cc1)NCc1cn2cc(Br)ccc2n1. The first-order chi connectivity index (χ1) is 14.6. The normalized spacial score (nSPS) is 10.7. The van der Waals surface area contributed by atoms with E-state index in [1.54, 1.807) is 12.1 Å². The van der Waals surface area contributed by atoms with Gasteiger partial charge in [-0.3, -0.25) is 9.59 Å². The molecule has 7 heteroatoms. The van der Waals surface area contributed by atoms with E-state index >= 15 is 0 Å². The monoisotopic (exact) mass is 462 g/mol. The van der Waals surface area contributed by atoms with Crippen LogP contribution in [0.15, 0.2) is 83.6 Å². The molecule has 4 aromatic rings. The van der Waals surface area contributed by atoms with E-state index in [1.165, 1.54) is 0 Å². The lowest BCUT2D eigenvalue weighted by atomic mass is 10.0. The Bertz CT molecular complexity index is 1190. The quantitative estimate of drug-likeness (QED) is 0.457. The molecule has 0 saturated carbocycles. The fraction of sp³-hybridized carbons (Fsp3) is 0.0870. The molecule has 0 saturated heterocycles. The van der Waals surface area contributed by atoms with Crippen molar-refractivity contribution in [1.29, 1.82) is 0 Å². The summed E-state index contributed by atoms with van der Waals surface area (Å²) < 4.78 is 2.83. The van der Waals surface area contributed by atoms with Gasteiger partial charge in [0.05, 0.1) is 18.8 Å². The molecule has 4 rings (SSSR count). The second-order valence-corrected chi connectivity index (χ2v) is 7.66. The Labute approximate surface area is 182 Å². The molecule has 0 aliphatic carbocycles. The third kappa shape index (κ3) is 4.75. The van der Waals surface area contributed by atoms with E-state index in [0.29, 0.717) is 12.1 Å². The highest BCUT2D eigenvalue weighted by Crippen LogP contribution is 2.19. The third-order valence-corrected chi connectivity index (χ3v) is 5.06. The molecule has 2 aromatic carbocycles. The average Bonchev–Trinajstić information content (AvgIpc) is 3.19. The smallest absolute Gasteiger partial charge is 0.251 e. The van der Waals surface area contributed by atoms with Gasteiger partial charge in [-0.15, -0.1) is 0 Å². The maximum atomic E-state index is 12.3. The number of nitrogens with one attached hydrogen (secondary N) is 2. The van der Waals surface area contributed by atoms with E-state index in [9.17, 15) is 9.59 Å². The Morgan fingerprint density at radius 3 is 2.37 bits per heavy atom. The van der Waals surface area contributed by atoms with Crippen molar-refractivity contribution < 1.29 is 9.59 Å². The molecule has 2 aromatic heterocycles. The minimum atomic E-state index is -0.289. The fourth-order valence-corrected chi connectivity index (χ4v) is 3.41. The highest BCUT2D eigenvalue weighted by Gasteiger charge is 2.09. The summed E-state index contributed by atoms with van der Waals surface area (Å²) in [5.41, 5.74) is 4.17. The Balaban J connectivity index is 1.28. The number of amides is 2. The topological polar surface area (TPSA) is 75.5 Å². The first-order valence-electron chi connectivity index (χ1n) is 9.42. The van der Waals surface area contributed by atoms with Crippen molar-refractivity contribution in [2.45, 2.75) is 6.54 Å². The van der Waals surface area contributed by atoms with E-state index in [0.717, 1.165) is 26.9 Å². The van der Waals surface area contributed by atoms with Crippen molar-refractivity contribution in [3.05, 3.63) is 94.9 Å². The maximum Gasteiger partial charge on any atom is 0.251 e. The molecule has 0 unspecified atom stereocenters. The van der Waals surface area contributed by atoms with Crippen LogP contribution in [0.5, 0.6) is 0 Å². The number of halogens is 1. The Hall–Kier alpha value is -3.45. The van der Waals surface area contributed by atoms with Gasteiger partial charge in [0.15, 0.2) is 0 Å². The molecular formula is C23H19BrN4O2. The third-order valence-electron chi connectivity index (χ3n) is 4.60. The van der Waals surface area contributed by atoms with Gasteiger partial charge in [0, 0.05) is 22.4 Å². The second kappa shape index (κ2) is 8.92. The van der Waals surface area contributed by atoms with Crippen molar-refractivity contribution in [2.24, 2.45) is 0 Å². The van der Waals surface area contributed by atoms with Crippen molar-refractivity contribution in [2.75, 3.05) is 6.54 Å². The van der Waals surface area contributed by atoms with Crippen molar-refractivity contribution in [3.8, 4) is 11.1 Å². The number of carbonyl (C=O) groups is 2. The molecular weight excluding hydrogens is 444 g/mol. The summed E-state index contributed by atoms with van der Waals surface area (Å²) in [6.45, 7) is 0.192. The summed E-state index contributed by atoms with van der Waals surface area (Å²) in [5.74, 6) is -0.565. The van der Waals surface area contributed by atoms with Gasteiger partial charge in [-0.05, 0) is 51.3 Å². The first kappa shape index (κ1) is 19.8. The zero-order valence-electron chi connectivity index (χ0n) is 16.0. The van der Waals surface area contributed by atoms with Gasteiger partial charge in [-0.25, -0.2) is 4.98 Å². The van der Waals surface area contributed by atoms with Crippen LogP contribution in [0.3, 0.4) is 0 Å². The van der Waals surface area contributed by atoms with Crippen LogP contribution in [-0.2, 0) is 11.3 Å². The van der Waals surface area contributed by atoms with Gasteiger partial charge in [0.25, 0.3) is 5.91 Å². The predicted molar refractivity (Wildman–Crippen MR) is 119 cm³/mol. The number of pyridine rings is 1. The van der Waals surface area contributed by atoms with Gasteiger partial charge >= 0.3 is 0 Å². The molecule has 0 aliphatic rings. The Morgan fingerprint density at radius 1 is 0.867 bits per heavy atom. The number of imidazole rings is 1. The molecule has 150 valence electrons. The number of carbonyl (C=O) groups excluding carboxylic acids is 2. The highest BCUT2D eigenvalue weighted by atomic mass is 79.9. The molecule has 0 spiro atoms. The number of aromatic nitrogens is 2. The van der Waals surface area contributed by atoms with Crippen molar-refractivity contribution in [1.82, 2.24) is 20.0 Å². The van der Waals surface area contributed by atoms with Gasteiger partial charge in [0.2, 0.25) is 5.91 Å². The van der Waals surface area contributed by atoms with Crippen LogP contribution < -0.4 is 10.6 Å². The van der Waals surface area contributed by atoms with Crippen LogP contribution in [0, 0.1) is 0 Å². The Kier molecular flexibility index (Phi) is 5.90. The molecule has 2 heterocycles. The van der Waals surface area contributed by atoms with Crippen LogP contribution in [0.4, 0.5) is 0 Å². The molecule has 2 amide bonds. The van der Waals surface area contributed by atoms with Crippen molar-refractivity contribution >= 4 is 33.4 Å². The van der Waals surface area contributed by atoms with E-state index in [1.807, 2.05) is 71.4 Å². The zero-order chi connectivity index (χ0) is 20.9. The van der Waals surface area contributed by atoms with Crippen LogP contribution in [0.1, 0.15) is 16.1 Å². The molecule has 0 fully saturated rings. The molecule has 2 N–H and O–H groups in total. The lowest BCUT2D eigenvalue weighted by Gasteiger charge is -2.07. The summed E-state index contributed by atoms with van der Waals surface area (Å²) in [5, 5.41) is 5.42. The highest BCUT2D eigenvalue weighted by molar-refractivity contribution is 9.10. The summed E-state index contributed by atoms with van der Waals surface area (Å²) in [4.78, 5) is 28.8. The second-order valence-electron chi connectivity index (χ2n) is 6.75. The van der Waals surface area contributed by atoms with Gasteiger partial charge in [-0.2, -0.15) is 0 Å². The zero-order valence-corrected chi connectivity index (χ0v) is 17.6. The number of fused-ring (bicyclic) bond motifs is 1. The molecule has 0 aliphatic heterocycles. The first-order valence-corrected chi connectivity index (χ1v) is 10.2. The molecule has 30 heavy (non-hydrogen) atoms. The summed E-state index contributed by atoms with van der Waals surface area (Å²) in [7, 11) is 0. The van der Waals surface area contributed by atoms with Crippen LogP contribution >= 0.6 is 15.9 Å². The minimum Gasteiger partial charge on any atom is -0.349 e. The lowest BCUT2D eigenvalue weighted by molar-refractivity contribution is -0.120. The largest absolute Gasteiger partial charge is 0.349 e. The minimum absolute atomic E-state index is 0.0990. The van der Waals surface area contributed by atoms with Gasteiger partial charge < -0.3 is 15.0 Å². The summed E-state index contributed by atoms with van der Waals surface area (Å²) in [6.07, 6.45) is 3.75. The Morgan fingerprint density at radius 2 is 1.60 bits per heavy atom. The molecule has 6 nitrogen and oxygen atoms in total. The number of rotatable bonds is 6. The van der Waals surface area contributed by atoms with Crippen LogP contribution in [0.25, 0.3) is 16.8 Å². The van der Waals surface area contributed by atoms with Crippen LogP contribution in [0.2, 0.25) is 0 Å². The molecule has 0 bridgehead atoms. The van der Waals surface area contributed by atoms with Gasteiger partial charge in [-0.1, -0.05) is 42.5 Å². The van der Waals surface area contributed by atoms with Crippen molar-refractivity contribution in [3.63, 3.8) is 0 Å². The maximum absolute atomic E-state index is 12.3. The van der Waals surface area contributed by atoms with E-state index in [-0.39, 0.29) is 18.4 Å². The number of hydrogen-bond acceptors (Lipinski definition) is 3. The summed E-state index contributed by atoms with van der Waals surface area (Å²) in [6, 6.07) is 21.0. The lowest BCUT2D eigenvalue weighted by Crippen LogP contribution is -2.36. The molecule has 0 atom stereocenters. The standard InChI is InChI=1S/C23H19BrN4O2/c24-19-10-11-21-27-20(15-28(21)14-19)12-25-22(29)13-26-23(30)18-8-6-17(7-9-18)16-4-2-1-3-5-16/h1-11,14-15H,12-13H2,(H,25,29)(H,26,30). The van der Waals surface area contributed by atoms with Gasteiger partial charge in [0.1, 0.15) is 5.65 Å².